The summed E-state index contributed by atoms with van der Waals surface area (Å²) in [6.45, 7) is 5.91. The van der Waals surface area contributed by atoms with E-state index in [0.717, 1.165) is 5.92 Å². The molecule has 0 N–H and O–H groups in total. The van der Waals surface area contributed by atoms with Gasteiger partial charge in [-0.3, -0.25) is 0 Å². The Morgan fingerprint density at radius 2 is 1.08 bits per heavy atom. The fraction of sp³-hybridized carbons (Fsp3) is 0.792. The van der Waals surface area contributed by atoms with Crippen molar-refractivity contribution in [3.8, 4) is 0 Å². The summed E-state index contributed by atoms with van der Waals surface area (Å²) in [7, 11) is 0. The molecular formula is C24H44ClN. The van der Waals surface area contributed by atoms with E-state index < -0.39 is 0 Å². The molecule has 1 aromatic rings. The Hall–Kier alpha value is -0.560. The molecule has 0 fully saturated rings. The second-order valence-electron chi connectivity index (χ2n) is 8.04. The quantitative estimate of drug-likeness (QED) is 0.276. The number of rotatable bonds is 17. The van der Waals surface area contributed by atoms with Crippen molar-refractivity contribution >= 4 is 0 Å². The van der Waals surface area contributed by atoms with Crippen molar-refractivity contribution in [3.63, 3.8) is 0 Å². The molecule has 1 nitrogen and oxygen atoms in total. The largest absolute Gasteiger partial charge is 1.00 e. The van der Waals surface area contributed by atoms with Crippen molar-refractivity contribution in [2.24, 2.45) is 5.92 Å². The molecule has 0 saturated heterocycles. The van der Waals surface area contributed by atoms with Crippen molar-refractivity contribution < 1.29 is 17.0 Å². The van der Waals surface area contributed by atoms with E-state index in [2.05, 4.69) is 49.0 Å². The average Bonchev–Trinajstić information content (AvgIpc) is 2.63. The number of pyridine rings is 1. The van der Waals surface area contributed by atoms with E-state index >= 15 is 0 Å². The van der Waals surface area contributed by atoms with E-state index in [0.29, 0.717) is 0 Å². The molecule has 1 unspecified atom stereocenters. The van der Waals surface area contributed by atoms with Crippen LogP contribution < -0.4 is 17.0 Å². The van der Waals surface area contributed by atoms with Crippen LogP contribution >= 0.6 is 0 Å². The second-order valence-corrected chi connectivity index (χ2v) is 8.04. The number of halogens is 1. The van der Waals surface area contributed by atoms with Crippen molar-refractivity contribution in [2.45, 2.75) is 117 Å². The van der Waals surface area contributed by atoms with E-state index in [1.807, 2.05) is 0 Å². The molecule has 152 valence electrons. The third kappa shape index (κ3) is 15.7. The van der Waals surface area contributed by atoms with Crippen LogP contribution in [-0.4, -0.2) is 0 Å². The highest BCUT2D eigenvalue weighted by atomic mass is 35.5. The second kappa shape index (κ2) is 19.2. The smallest absolute Gasteiger partial charge is 0.168 e. The van der Waals surface area contributed by atoms with Crippen LogP contribution in [0.3, 0.4) is 0 Å². The normalized spacial score (nSPS) is 11.9. The minimum atomic E-state index is 0. The van der Waals surface area contributed by atoms with E-state index in [-0.39, 0.29) is 12.4 Å². The molecule has 0 aliphatic rings. The number of aromatic nitrogens is 1. The summed E-state index contributed by atoms with van der Waals surface area (Å²) < 4.78 is 2.30. The summed E-state index contributed by atoms with van der Waals surface area (Å²) in [6.07, 6.45) is 25.9. The van der Waals surface area contributed by atoms with E-state index in [9.17, 15) is 0 Å². The Bertz CT molecular complexity index is 379. The molecule has 0 amide bonds. The molecule has 0 spiro atoms. The molecule has 2 heteroatoms. The number of nitrogens with zero attached hydrogens (tertiary/aromatic N) is 1. The molecule has 0 aliphatic carbocycles. The molecule has 0 aliphatic heterocycles. The van der Waals surface area contributed by atoms with Gasteiger partial charge in [0, 0.05) is 18.6 Å². The fourth-order valence-electron chi connectivity index (χ4n) is 3.68. The SMILES string of the molecule is CCCCCCCCCCCCCCC(C)CCC[n+]1ccccc1.[Cl-]. The highest BCUT2D eigenvalue weighted by Crippen LogP contribution is 2.17. The van der Waals surface area contributed by atoms with Gasteiger partial charge in [0.1, 0.15) is 6.54 Å². The van der Waals surface area contributed by atoms with Gasteiger partial charge in [-0.15, -0.1) is 0 Å². The maximum Gasteiger partial charge on any atom is 0.168 e. The summed E-state index contributed by atoms with van der Waals surface area (Å²) in [5.41, 5.74) is 0. The van der Waals surface area contributed by atoms with Crippen molar-refractivity contribution in [3.05, 3.63) is 30.6 Å². The lowest BCUT2D eigenvalue weighted by atomic mass is 9.97. The lowest BCUT2D eigenvalue weighted by molar-refractivity contribution is -0.697. The minimum Gasteiger partial charge on any atom is -1.00 e. The maximum atomic E-state index is 2.44. The monoisotopic (exact) mass is 381 g/mol. The summed E-state index contributed by atoms with van der Waals surface area (Å²) >= 11 is 0. The van der Waals surface area contributed by atoms with Gasteiger partial charge in [-0.2, -0.15) is 0 Å². The summed E-state index contributed by atoms with van der Waals surface area (Å²) in [4.78, 5) is 0. The highest BCUT2D eigenvalue weighted by molar-refractivity contribution is 4.83. The first-order valence-corrected chi connectivity index (χ1v) is 11.3. The number of aryl methyl sites for hydroxylation is 1. The van der Waals surface area contributed by atoms with Crippen LogP contribution in [0.4, 0.5) is 0 Å². The Morgan fingerprint density at radius 3 is 1.62 bits per heavy atom. The Labute approximate surface area is 170 Å². The van der Waals surface area contributed by atoms with Crippen molar-refractivity contribution in [1.29, 1.82) is 0 Å². The zero-order valence-corrected chi connectivity index (χ0v) is 18.4. The molecule has 1 atom stereocenters. The molecule has 1 aromatic heterocycles. The molecule has 1 rings (SSSR count). The predicted octanol–water partition coefficient (Wildman–Crippen LogP) is 4.49. The number of hydrogen-bond donors (Lipinski definition) is 0. The Kier molecular flexibility index (Phi) is 18.8. The van der Waals surface area contributed by atoms with Gasteiger partial charge in [-0.1, -0.05) is 103 Å². The van der Waals surface area contributed by atoms with E-state index in [4.69, 9.17) is 0 Å². The Morgan fingerprint density at radius 1 is 0.615 bits per heavy atom. The summed E-state index contributed by atoms with van der Waals surface area (Å²) in [5.74, 6) is 0.896. The first-order chi connectivity index (χ1) is 12.3. The molecule has 0 saturated carbocycles. The minimum absolute atomic E-state index is 0. The number of unbranched alkanes of at least 4 members (excludes halogenated alkanes) is 11. The van der Waals surface area contributed by atoms with Crippen LogP contribution in [0.5, 0.6) is 0 Å². The van der Waals surface area contributed by atoms with Gasteiger partial charge in [-0.25, -0.2) is 4.57 Å². The van der Waals surface area contributed by atoms with Crippen LogP contribution in [-0.2, 0) is 6.54 Å². The van der Waals surface area contributed by atoms with E-state index in [1.54, 1.807) is 0 Å². The molecular weight excluding hydrogens is 338 g/mol. The van der Waals surface area contributed by atoms with Gasteiger partial charge in [-0.05, 0) is 12.3 Å². The summed E-state index contributed by atoms with van der Waals surface area (Å²) in [6, 6.07) is 6.33. The zero-order chi connectivity index (χ0) is 18.0. The predicted molar refractivity (Wildman–Crippen MR) is 111 cm³/mol. The first kappa shape index (κ1) is 25.4. The molecule has 26 heavy (non-hydrogen) atoms. The van der Waals surface area contributed by atoms with Crippen LogP contribution in [0, 0.1) is 5.92 Å². The van der Waals surface area contributed by atoms with Crippen molar-refractivity contribution in [1.82, 2.24) is 0 Å². The average molecular weight is 382 g/mol. The van der Waals surface area contributed by atoms with Gasteiger partial charge in [0.15, 0.2) is 12.4 Å². The molecule has 0 bridgehead atoms. The topological polar surface area (TPSA) is 3.88 Å². The third-order valence-corrected chi connectivity index (χ3v) is 5.44. The van der Waals surface area contributed by atoms with Crippen LogP contribution in [0.15, 0.2) is 30.6 Å². The van der Waals surface area contributed by atoms with Crippen LogP contribution in [0.25, 0.3) is 0 Å². The first-order valence-electron chi connectivity index (χ1n) is 11.3. The zero-order valence-electron chi connectivity index (χ0n) is 17.6. The van der Waals surface area contributed by atoms with Gasteiger partial charge in [0.25, 0.3) is 0 Å². The van der Waals surface area contributed by atoms with Gasteiger partial charge < -0.3 is 12.4 Å². The lowest BCUT2D eigenvalue weighted by Gasteiger charge is -2.10. The Balaban J connectivity index is 0.00000625. The van der Waals surface area contributed by atoms with Gasteiger partial charge in [0.2, 0.25) is 0 Å². The fourth-order valence-corrected chi connectivity index (χ4v) is 3.68. The molecule has 0 aromatic carbocycles. The van der Waals surface area contributed by atoms with Crippen molar-refractivity contribution in [2.75, 3.05) is 0 Å². The van der Waals surface area contributed by atoms with E-state index in [1.165, 1.54) is 103 Å². The lowest BCUT2D eigenvalue weighted by Crippen LogP contribution is -3.00. The van der Waals surface area contributed by atoms with Gasteiger partial charge >= 0.3 is 0 Å². The standard InChI is InChI=1S/C24H44N.ClH/c1-3-4-5-6-7-8-9-10-11-12-13-15-19-24(2)20-18-23-25-21-16-14-17-22-25;/h14,16-17,21-22,24H,3-13,15,18-20,23H2,1-2H3;1H/q+1;/p-1. The maximum absolute atomic E-state index is 2.44. The van der Waals surface area contributed by atoms with Crippen LogP contribution in [0.2, 0.25) is 0 Å². The van der Waals surface area contributed by atoms with Gasteiger partial charge in [0.05, 0.1) is 0 Å². The third-order valence-electron chi connectivity index (χ3n) is 5.44. The summed E-state index contributed by atoms with van der Waals surface area (Å²) in [5, 5.41) is 0. The number of hydrogen-bond acceptors (Lipinski definition) is 0. The molecule has 0 radical (unpaired) electrons. The van der Waals surface area contributed by atoms with Crippen LogP contribution in [0.1, 0.15) is 110 Å². The highest BCUT2D eigenvalue weighted by Gasteiger charge is 2.04. The molecule has 1 heterocycles.